The monoisotopic (exact) mass is 213 g/mol. The lowest BCUT2D eigenvalue weighted by molar-refractivity contribution is -0.118. The van der Waals surface area contributed by atoms with Crippen molar-refractivity contribution in [3.63, 3.8) is 0 Å². The molecular weight excluding hydrogens is 200 g/mol. The van der Waals surface area contributed by atoms with Crippen LogP contribution in [0.5, 0.6) is 0 Å². The zero-order valence-corrected chi connectivity index (χ0v) is 8.52. The summed E-state index contributed by atoms with van der Waals surface area (Å²) >= 11 is 0. The van der Waals surface area contributed by atoms with E-state index in [9.17, 15) is 13.6 Å². The van der Waals surface area contributed by atoms with Crippen LogP contribution in [0.3, 0.4) is 0 Å². The summed E-state index contributed by atoms with van der Waals surface area (Å²) in [5.41, 5.74) is 0.248. The third kappa shape index (κ3) is 3.75. The van der Waals surface area contributed by atoms with Gasteiger partial charge in [0.25, 0.3) is 0 Å². The molecule has 15 heavy (non-hydrogen) atoms. The van der Waals surface area contributed by atoms with E-state index in [-0.39, 0.29) is 17.8 Å². The van der Waals surface area contributed by atoms with E-state index in [1.54, 1.807) is 7.05 Å². The first-order chi connectivity index (χ1) is 7.13. The fourth-order valence-electron chi connectivity index (χ4n) is 1.23. The molecule has 0 amide bonds. The van der Waals surface area contributed by atoms with Gasteiger partial charge >= 0.3 is 0 Å². The van der Waals surface area contributed by atoms with Crippen molar-refractivity contribution in [2.75, 3.05) is 13.6 Å². The molecule has 0 heterocycles. The highest BCUT2D eigenvalue weighted by Gasteiger charge is 2.08. The molecule has 0 spiro atoms. The molecular formula is C11H13F2NO. The van der Waals surface area contributed by atoms with Crippen molar-refractivity contribution in [1.29, 1.82) is 0 Å². The molecule has 1 aromatic rings. The van der Waals surface area contributed by atoms with Gasteiger partial charge in [-0.2, -0.15) is 0 Å². The Morgan fingerprint density at radius 2 is 2.13 bits per heavy atom. The van der Waals surface area contributed by atoms with Gasteiger partial charge in [0.15, 0.2) is 0 Å². The minimum absolute atomic E-state index is 0.0216. The molecule has 0 saturated heterocycles. The largest absolute Gasteiger partial charge is 0.319 e. The van der Waals surface area contributed by atoms with Crippen molar-refractivity contribution in [2.45, 2.75) is 12.8 Å². The average molecular weight is 213 g/mol. The topological polar surface area (TPSA) is 29.1 Å². The molecule has 82 valence electrons. The van der Waals surface area contributed by atoms with Gasteiger partial charge in [-0.25, -0.2) is 8.78 Å². The Hall–Kier alpha value is -1.29. The molecule has 0 unspecified atom stereocenters. The van der Waals surface area contributed by atoms with E-state index in [0.717, 1.165) is 12.1 Å². The Bertz CT molecular complexity index is 352. The van der Waals surface area contributed by atoms with Gasteiger partial charge in [-0.1, -0.05) is 6.07 Å². The Balaban J connectivity index is 2.60. The van der Waals surface area contributed by atoms with E-state index in [2.05, 4.69) is 5.32 Å². The molecule has 0 aromatic heterocycles. The molecule has 1 aromatic carbocycles. The predicted molar refractivity (Wildman–Crippen MR) is 53.6 cm³/mol. The zero-order valence-electron chi connectivity index (χ0n) is 8.52. The maximum atomic E-state index is 13.1. The summed E-state index contributed by atoms with van der Waals surface area (Å²) in [4.78, 5) is 11.3. The van der Waals surface area contributed by atoms with Crippen LogP contribution >= 0.6 is 0 Å². The van der Waals surface area contributed by atoms with Crippen LogP contribution in [-0.2, 0) is 11.2 Å². The molecule has 0 bridgehead atoms. The van der Waals surface area contributed by atoms with E-state index >= 15 is 0 Å². The standard InChI is InChI=1S/C11H13F2NO/c1-14-5-4-10(15)6-8-2-3-9(12)7-11(8)13/h2-3,7,14H,4-6H2,1H3. The maximum absolute atomic E-state index is 13.1. The normalized spacial score (nSPS) is 10.3. The average Bonchev–Trinajstić information content (AvgIpc) is 2.19. The van der Waals surface area contributed by atoms with Gasteiger partial charge in [-0.15, -0.1) is 0 Å². The molecule has 2 nitrogen and oxygen atoms in total. The second-order valence-corrected chi connectivity index (χ2v) is 3.30. The highest BCUT2D eigenvalue weighted by molar-refractivity contribution is 5.81. The number of hydrogen-bond donors (Lipinski definition) is 1. The summed E-state index contributed by atoms with van der Waals surface area (Å²) in [5.74, 6) is -1.35. The number of ketones is 1. The molecule has 1 rings (SSSR count). The summed E-state index contributed by atoms with van der Waals surface area (Å²) in [6.45, 7) is 0.571. The number of carbonyl (C=O) groups is 1. The number of carbonyl (C=O) groups excluding carboxylic acids is 1. The van der Waals surface area contributed by atoms with Crippen LogP contribution in [0.1, 0.15) is 12.0 Å². The van der Waals surface area contributed by atoms with Crippen molar-refractivity contribution in [2.24, 2.45) is 0 Å². The lowest BCUT2D eigenvalue weighted by Gasteiger charge is -2.02. The second kappa shape index (κ2) is 5.56. The van der Waals surface area contributed by atoms with Crippen molar-refractivity contribution in [3.05, 3.63) is 35.4 Å². The van der Waals surface area contributed by atoms with Gasteiger partial charge in [0.05, 0.1) is 0 Å². The maximum Gasteiger partial charge on any atom is 0.138 e. The summed E-state index contributed by atoms with van der Waals surface area (Å²) in [6.07, 6.45) is 0.376. The highest BCUT2D eigenvalue weighted by atomic mass is 19.1. The van der Waals surface area contributed by atoms with E-state index in [1.165, 1.54) is 6.07 Å². The van der Waals surface area contributed by atoms with Crippen molar-refractivity contribution in [3.8, 4) is 0 Å². The number of nitrogens with one attached hydrogen (secondary N) is 1. The van der Waals surface area contributed by atoms with Gasteiger partial charge in [-0.3, -0.25) is 4.79 Å². The Kier molecular flexibility index (Phi) is 4.37. The van der Waals surface area contributed by atoms with Crippen molar-refractivity contribution < 1.29 is 13.6 Å². The van der Waals surface area contributed by atoms with Gasteiger partial charge in [0.1, 0.15) is 17.4 Å². The van der Waals surface area contributed by atoms with Crippen LogP contribution in [0, 0.1) is 11.6 Å². The fourth-order valence-corrected chi connectivity index (χ4v) is 1.23. The zero-order chi connectivity index (χ0) is 11.3. The quantitative estimate of drug-likeness (QED) is 0.806. The Morgan fingerprint density at radius 1 is 1.40 bits per heavy atom. The van der Waals surface area contributed by atoms with Crippen LogP contribution in [0.2, 0.25) is 0 Å². The fraction of sp³-hybridized carbons (Fsp3) is 0.364. The highest BCUT2D eigenvalue weighted by Crippen LogP contribution is 2.10. The van der Waals surface area contributed by atoms with Gasteiger partial charge in [0.2, 0.25) is 0 Å². The van der Waals surface area contributed by atoms with Crippen LogP contribution < -0.4 is 5.32 Å². The molecule has 0 fully saturated rings. The molecule has 0 saturated carbocycles. The number of benzene rings is 1. The number of Topliss-reactive ketones (excluding diaryl/α,β-unsaturated/α-hetero) is 1. The summed E-state index contributed by atoms with van der Waals surface area (Å²) in [7, 11) is 1.74. The third-order valence-corrected chi connectivity index (χ3v) is 2.06. The van der Waals surface area contributed by atoms with Crippen LogP contribution in [-0.4, -0.2) is 19.4 Å². The van der Waals surface area contributed by atoms with Crippen LogP contribution in [0.15, 0.2) is 18.2 Å². The Labute approximate surface area is 87.3 Å². The van der Waals surface area contributed by atoms with Gasteiger partial charge in [-0.05, 0) is 18.7 Å². The first-order valence-electron chi connectivity index (χ1n) is 4.73. The van der Waals surface area contributed by atoms with Crippen LogP contribution in [0.4, 0.5) is 8.78 Å². The molecule has 1 N–H and O–H groups in total. The van der Waals surface area contributed by atoms with Gasteiger partial charge in [0, 0.05) is 25.5 Å². The molecule has 0 atom stereocenters. The van der Waals surface area contributed by atoms with E-state index in [0.29, 0.717) is 13.0 Å². The summed E-state index contributed by atoms with van der Waals surface area (Å²) in [6, 6.07) is 3.26. The number of halogens is 2. The summed E-state index contributed by atoms with van der Waals surface area (Å²) < 4.78 is 25.7. The lowest BCUT2D eigenvalue weighted by atomic mass is 10.1. The minimum Gasteiger partial charge on any atom is -0.319 e. The molecule has 0 aliphatic carbocycles. The molecule has 4 heteroatoms. The van der Waals surface area contributed by atoms with Crippen molar-refractivity contribution >= 4 is 5.78 Å². The van der Waals surface area contributed by atoms with Crippen molar-refractivity contribution in [1.82, 2.24) is 5.32 Å². The number of rotatable bonds is 5. The smallest absolute Gasteiger partial charge is 0.138 e. The van der Waals surface area contributed by atoms with Crippen LogP contribution in [0.25, 0.3) is 0 Å². The minimum atomic E-state index is -0.659. The predicted octanol–water partition coefficient (Wildman–Crippen LogP) is 1.69. The lowest BCUT2D eigenvalue weighted by Crippen LogP contribution is -2.14. The second-order valence-electron chi connectivity index (χ2n) is 3.30. The number of hydrogen-bond acceptors (Lipinski definition) is 2. The molecule has 0 aliphatic rings. The Morgan fingerprint density at radius 3 is 2.73 bits per heavy atom. The van der Waals surface area contributed by atoms with E-state index < -0.39 is 11.6 Å². The first-order valence-corrected chi connectivity index (χ1v) is 4.73. The molecule has 0 radical (unpaired) electrons. The first kappa shape index (κ1) is 11.8. The van der Waals surface area contributed by atoms with E-state index in [1.807, 2.05) is 0 Å². The SMILES string of the molecule is CNCCC(=O)Cc1ccc(F)cc1F. The van der Waals surface area contributed by atoms with Gasteiger partial charge < -0.3 is 5.32 Å². The summed E-state index contributed by atoms with van der Waals surface area (Å²) in [5, 5.41) is 2.83. The molecule has 0 aliphatic heterocycles. The third-order valence-electron chi connectivity index (χ3n) is 2.06. The van der Waals surface area contributed by atoms with E-state index in [4.69, 9.17) is 0 Å².